The third-order valence-electron chi connectivity index (χ3n) is 4.63. The molecule has 140 valence electrons. The second-order valence-electron chi connectivity index (χ2n) is 6.56. The molecule has 1 saturated heterocycles. The third kappa shape index (κ3) is 4.33. The molecular weight excluding hydrogens is 332 g/mol. The van der Waals surface area contributed by atoms with Crippen LogP contribution < -0.4 is 10.1 Å². The maximum atomic E-state index is 12.3. The number of ether oxygens (including phenoxy) is 1. The van der Waals surface area contributed by atoms with Gasteiger partial charge in [-0.3, -0.25) is 0 Å². The molecule has 7 heteroatoms. The summed E-state index contributed by atoms with van der Waals surface area (Å²) in [7, 11) is 1.63. The smallest absolute Gasteiger partial charge is 0.317 e. The second kappa shape index (κ2) is 8.69. The van der Waals surface area contributed by atoms with Crippen LogP contribution in [0, 0.1) is 0 Å². The molecule has 1 aliphatic heterocycles. The molecule has 7 nitrogen and oxygen atoms in total. The standard InChI is InChI=1S/C19H26N4O3/c1-3-4-10-20-19(24)23-11-6-8-15(13-23)18-21-17(22-26-18)14-7-5-9-16(12-14)25-2/h5,7,9,12,15H,3-4,6,8,10-11,13H2,1-2H3,(H,20,24). The zero-order valence-corrected chi connectivity index (χ0v) is 15.4. The molecule has 2 aromatic rings. The number of hydrogen-bond acceptors (Lipinski definition) is 5. The van der Waals surface area contributed by atoms with E-state index in [1.807, 2.05) is 29.2 Å². The molecule has 1 aromatic carbocycles. The first-order chi connectivity index (χ1) is 12.7. The van der Waals surface area contributed by atoms with E-state index in [2.05, 4.69) is 22.4 Å². The summed E-state index contributed by atoms with van der Waals surface area (Å²) in [5.74, 6) is 1.96. The van der Waals surface area contributed by atoms with E-state index in [1.54, 1.807) is 7.11 Å². The predicted octanol–water partition coefficient (Wildman–Crippen LogP) is 3.43. The lowest BCUT2D eigenvalue weighted by Gasteiger charge is -2.31. The van der Waals surface area contributed by atoms with Crippen LogP contribution in [0.15, 0.2) is 28.8 Å². The van der Waals surface area contributed by atoms with Gasteiger partial charge in [-0.1, -0.05) is 30.6 Å². The fourth-order valence-corrected chi connectivity index (χ4v) is 3.13. The Bertz CT molecular complexity index is 731. The number of nitrogens with zero attached hydrogens (tertiary/aromatic N) is 3. The average Bonchev–Trinajstić information content (AvgIpc) is 3.18. The van der Waals surface area contributed by atoms with Gasteiger partial charge in [0.05, 0.1) is 13.0 Å². The summed E-state index contributed by atoms with van der Waals surface area (Å²) in [5, 5.41) is 7.08. The lowest BCUT2D eigenvalue weighted by atomic mass is 9.98. The van der Waals surface area contributed by atoms with E-state index < -0.39 is 0 Å². The van der Waals surface area contributed by atoms with Crippen molar-refractivity contribution in [1.82, 2.24) is 20.4 Å². The van der Waals surface area contributed by atoms with Gasteiger partial charge >= 0.3 is 6.03 Å². The number of amides is 2. The average molecular weight is 358 g/mol. The molecule has 1 aliphatic rings. The molecule has 0 radical (unpaired) electrons. The van der Waals surface area contributed by atoms with Gasteiger partial charge < -0.3 is 19.5 Å². The van der Waals surface area contributed by atoms with Gasteiger partial charge in [-0.05, 0) is 31.4 Å². The number of likely N-dealkylation sites (tertiary alicyclic amines) is 1. The normalized spacial score (nSPS) is 17.2. The Hall–Kier alpha value is -2.57. The molecule has 1 aromatic heterocycles. The molecule has 1 atom stereocenters. The molecule has 1 unspecified atom stereocenters. The van der Waals surface area contributed by atoms with Gasteiger partial charge in [0, 0.05) is 25.2 Å². The molecule has 2 amide bonds. The van der Waals surface area contributed by atoms with Gasteiger partial charge in [0.2, 0.25) is 11.7 Å². The molecule has 1 fully saturated rings. The SMILES string of the molecule is CCCCNC(=O)N1CCCC(c2nc(-c3cccc(OC)c3)no2)C1. The van der Waals surface area contributed by atoms with Crippen molar-refractivity contribution in [2.45, 2.75) is 38.5 Å². The Morgan fingerprint density at radius 2 is 2.35 bits per heavy atom. The Balaban J connectivity index is 1.65. The summed E-state index contributed by atoms with van der Waals surface area (Å²) in [6.45, 7) is 4.21. The largest absolute Gasteiger partial charge is 0.497 e. The van der Waals surface area contributed by atoms with Crippen molar-refractivity contribution < 1.29 is 14.1 Å². The molecule has 0 spiro atoms. The number of piperidine rings is 1. The Labute approximate surface area is 153 Å². The number of carbonyl (C=O) groups excluding carboxylic acids is 1. The Kier molecular flexibility index (Phi) is 6.09. The summed E-state index contributed by atoms with van der Waals surface area (Å²) in [4.78, 5) is 18.7. The van der Waals surface area contributed by atoms with Crippen LogP contribution in [0.5, 0.6) is 5.75 Å². The summed E-state index contributed by atoms with van der Waals surface area (Å²) < 4.78 is 10.7. The topological polar surface area (TPSA) is 80.5 Å². The van der Waals surface area contributed by atoms with Crippen molar-refractivity contribution in [2.75, 3.05) is 26.7 Å². The first-order valence-electron chi connectivity index (χ1n) is 9.22. The molecule has 3 rings (SSSR count). The Morgan fingerprint density at radius 3 is 3.15 bits per heavy atom. The monoisotopic (exact) mass is 358 g/mol. The lowest BCUT2D eigenvalue weighted by molar-refractivity contribution is 0.172. The van der Waals surface area contributed by atoms with E-state index in [4.69, 9.17) is 9.26 Å². The number of carbonyl (C=O) groups is 1. The number of hydrogen-bond donors (Lipinski definition) is 1. The Morgan fingerprint density at radius 1 is 1.46 bits per heavy atom. The predicted molar refractivity (Wildman–Crippen MR) is 98.1 cm³/mol. The van der Waals surface area contributed by atoms with E-state index in [0.29, 0.717) is 18.3 Å². The summed E-state index contributed by atoms with van der Waals surface area (Å²) in [6.07, 6.45) is 3.94. The number of urea groups is 1. The highest BCUT2D eigenvalue weighted by Crippen LogP contribution is 2.28. The highest BCUT2D eigenvalue weighted by Gasteiger charge is 2.28. The van der Waals surface area contributed by atoms with Crippen LogP contribution in [0.3, 0.4) is 0 Å². The van der Waals surface area contributed by atoms with Gasteiger partial charge in [0.15, 0.2) is 0 Å². The zero-order valence-electron chi connectivity index (χ0n) is 15.4. The van der Waals surface area contributed by atoms with Crippen LogP contribution in [0.25, 0.3) is 11.4 Å². The van der Waals surface area contributed by atoms with Gasteiger partial charge in [0.25, 0.3) is 0 Å². The van der Waals surface area contributed by atoms with E-state index in [9.17, 15) is 4.79 Å². The van der Waals surface area contributed by atoms with E-state index in [1.165, 1.54) is 0 Å². The second-order valence-corrected chi connectivity index (χ2v) is 6.56. The minimum atomic E-state index is -0.00400. The van der Waals surface area contributed by atoms with Crippen LogP contribution in [-0.2, 0) is 0 Å². The first-order valence-corrected chi connectivity index (χ1v) is 9.22. The number of aromatic nitrogens is 2. The zero-order chi connectivity index (χ0) is 18.4. The molecule has 0 aliphatic carbocycles. The number of methoxy groups -OCH3 is 1. The number of rotatable bonds is 6. The van der Waals surface area contributed by atoms with Gasteiger partial charge in [0.1, 0.15) is 5.75 Å². The summed E-state index contributed by atoms with van der Waals surface area (Å²) >= 11 is 0. The van der Waals surface area contributed by atoms with Crippen molar-refractivity contribution in [3.63, 3.8) is 0 Å². The molecule has 0 bridgehead atoms. The molecule has 1 N–H and O–H groups in total. The molecule has 0 saturated carbocycles. The van der Waals surface area contributed by atoms with Crippen LogP contribution in [0.4, 0.5) is 4.79 Å². The van der Waals surface area contributed by atoms with Crippen molar-refractivity contribution in [2.24, 2.45) is 0 Å². The first kappa shape index (κ1) is 18.2. The maximum absolute atomic E-state index is 12.3. The van der Waals surface area contributed by atoms with E-state index >= 15 is 0 Å². The highest BCUT2D eigenvalue weighted by molar-refractivity contribution is 5.74. The van der Waals surface area contributed by atoms with E-state index in [0.717, 1.165) is 50.1 Å². The number of nitrogens with one attached hydrogen (secondary N) is 1. The number of unbranched alkanes of at least 4 members (excludes halogenated alkanes) is 1. The van der Waals surface area contributed by atoms with E-state index in [-0.39, 0.29) is 11.9 Å². The van der Waals surface area contributed by atoms with Gasteiger partial charge in [-0.2, -0.15) is 4.98 Å². The van der Waals surface area contributed by atoms with Crippen molar-refractivity contribution in [3.8, 4) is 17.1 Å². The summed E-state index contributed by atoms with van der Waals surface area (Å²) in [5.41, 5.74) is 0.851. The van der Waals surface area contributed by atoms with Crippen LogP contribution >= 0.6 is 0 Å². The van der Waals surface area contributed by atoms with Crippen molar-refractivity contribution >= 4 is 6.03 Å². The highest BCUT2D eigenvalue weighted by atomic mass is 16.5. The van der Waals surface area contributed by atoms with Crippen molar-refractivity contribution in [3.05, 3.63) is 30.2 Å². The third-order valence-corrected chi connectivity index (χ3v) is 4.63. The van der Waals surface area contributed by atoms with Gasteiger partial charge in [-0.25, -0.2) is 4.79 Å². The number of benzene rings is 1. The molecule has 2 heterocycles. The minimum absolute atomic E-state index is 0.00400. The minimum Gasteiger partial charge on any atom is -0.497 e. The fourth-order valence-electron chi connectivity index (χ4n) is 3.13. The van der Waals surface area contributed by atoms with Crippen LogP contribution in [0.2, 0.25) is 0 Å². The molecule has 26 heavy (non-hydrogen) atoms. The lowest BCUT2D eigenvalue weighted by Crippen LogP contribution is -2.45. The van der Waals surface area contributed by atoms with Gasteiger partial charge in [-0.15, -0.1) is 0 Å². The molecular formula is C19H26N4O3. The maximum Gasteiger partial charge on any atom is 0.317 e. The van der Waals surface area contributed by atoms with Crippen LogP contribution in [-0.4, -0.2) is 47.8 Å². The quantitative estimate of drug-likeness (QED) is 0.800. The summed E-state index contributed by atoms with van der Waals surface area (Å²) in [6, 6.07) is 7.57. The van der Waals surface area contributed by atoms with Crippen LogP contribution in [0.1, 0.15) is 44.4 Å². The fraction of sp³-hybridized carbons (Fsp3) is 0.526. The van der Waals surface area contributed by atoms with Crippen molar-refractivity contribution in [1.29, 1.82) is 0 Å².